The van der Waals surface area contributed by atoms with Crippen molar-refractivity contribution >= 4 is 17.4 Å². The maximum absolute atomic E-state index is 12.2. The second-order valence-corrected chi connectivity index (χ2v) is 5.84. The molecule has 0 aliphatic rings. The summed E-state index contributed by atoms with van der Waals surface area (Å²) in [6, 6.07) is 19.2. The molecule has 5 nitrogen and oxygen atoms in total. The van der Waals surface area contributed by atoms with E-state index in [1.165, 1.54) is 5.56 Å². The summed E-state index contributed by atoms with van der Waals surface area (Å²) in [5, 5.41) is 14.2. The first-order valence-electron chi connectivity index (χ1n) is 8.12. The monoisotopic (exact) mass is 332 g/mol. The summed E-state index contributed by atoms with van der Waals surface area (Å²) in [6.07, 6.45) is 0. The molecule has 0 radical (unpaired) electrons. The fraction of sp³-hybridized carbons (Fsp3) is 0.150. The van der Waals surface area contributed by atoms with Gasteiger partial charge < -0.3 is 10.6 Å². The van der Waals surface area contributed by atoms with Gasteiger partial charge in [0.1, 0.15) is 0 Å². The van der Waals surface area contributed by atoms with Crippen molar-refractivity contribution in [1.82, 2.24) is 15.5 Å². The van der Waals surface area contributed by atoms with E-state index in [-0.39, 0.29) is 5.91 Å². The van der Waals surface area contributed by atoms with Crippen LogP contribution in [0.5, 0.6) is 0 Å². The molecule has 2 aromatic carbocycles. The SMILES string of the molecule is Cc1cccc(Nc2ccc(C(=O)NCc3ccccc3)nn2)c1C. The lowest BCUT2D eigenvalue weighted by Gasteiger charge is -2.10. The van der Waals surface area contributed by atoms with Gasteiger partial charge in [-0.1, -0.05) is 42.5 Å². The summed E-state index contributed by atoms with van der Waals surface area (Å²) < 4.78 is 0. The minimum atomic E-state index is -0.241. The van der Waals surface area contributed by atoms with Gasteiger partial charge in [-0.3, -0.25) is 4.79 Å². The van der Waals surface area contributed by atoms with Gasteiger partial charge in [-0.05, 0) is 48.7 Å². The smallest absolute Gasteiger partial charge is 0.272 e. The summed E-state index contributed by atoms with van der Waals surface area (Å²) in [5.74, 6) is 0.364. The van der Waals surface area contributed by atoms with Gasteiger partial charge in [0, 0.05) is 12.2 Å². The molecule has 126 valence electrons. The van der Waals surface area contributed by atoms with Crippen molar-refractivity contribution in [2.45, 2.75) is 20.4 Å². The number of benzene rings is 2. The van der Waals surface area contributed by atoms with Crippen LogP contribution in [0.25, 0.3) is 0 Å². The lowest BCUT2D eigenvalue weighted by molar-refractivity contribution is 0.0945. The number of rotatable bonds is 5. The minimum absolute atomic E-state index is 0.241. The molecular formula is C20H20N4O. The zero-order valence-corrected chi connectivity index (χ0v) is 14.3. The molecule has 0 aliphatic heterocycles. The van der Waals surface area contributed by atoms with Crippen molar-refractivity contribution in [2.24, 2.45) is 0 Å². The topological polar surface area (TPSA) is 66.9 Å². The highest BCUT2D eigenvalue weighted by atomic mass is 16.1. The predicted molar refractivity (Wildman–Crippen MR) is 98.8 cm³/mol. The van der Waals surface area contributed by atoms with Crippen LogP contribution in [0.4, 0.5) is 11.5 Å². The molecule has 0 unspecified atom stereocenters. The Bertz CT molecular complexity index is 861. The van der Waals surface area contributed by atoms with Gasteiger partial charge in [0.05, 0.1) is 0 Å². The average molecular weight is 332 g/mol. The molecular weight excluding hydrogens is 312 g/mol. The van der Waals surface area contributed by atoms with Crippen LogP contribution in [0.2, 0.25) is 0 Å². The third kappa shape index (κ3) is 4.20. The van der Waals surface area contributed by atoms with Gasteiger partial charge >= 0.3 is 0 Å². The predicted octanol–water partition coefficient (Wildman–Crippen LogP) is 3.77. The summed E-state index contributed by atoms with van der Waals surface area (Å²) in [7, 11) is 0. The van der Waals surface area contributed by atoms with E-state index in [0.717, 1.165) is 16.8 Å². The lowest BCUT2D eigenvalue weighted by Crippen LogP contribution is -2.24. The average Bonchev–Trinajstić information content (AvgIpc) is 2.65. The molecule has 0 saturated carbocycles. The lowest BCUT2D eigenvalue weighted by atomic mass is 10.1. The highest BCUT2D eigenvalue weighted by Gasteiger charge is 2.08. The Hall–Kier alpha value is -3.21. The molecule has 0 atom stereocenters. The van der Waals surface area contributed by atoms with Crippen LogP contribution >= 0.6 is 0 Å². The normalized spacial score (nSPS) is 10.3. The number of hydrogen-bond donors (Lipinski definition) is 2. The van der Waals surface area contributed by atoms with E-state index in [9.17, 15) is 4.79 Å². The standard InChI is InChI=1S/C20H20N4O/c1-14-7-6-10-17(15(14)2)22-19-12-11-18(23-24-19)20(25)21-13-16-8-4-3-5-9-16/h3-12H,13H2,1-2H3,(H,21,25)(H,22,24). The molecule has 2 N–H and O–H groups in total. The van der Waals surface area contributed by atoms with Crippen molar-refractivity contribution in [1.29, 1.82) is 0 Å². The summed E-state index contributed by atoms with van der Waals surface area (Å²) in [4.78, 5) is 12.2. The Morgan fingerprint density at radius 2 is 1.72 bits per heavy atom. The molecule has 0 fully saturated rings. The number of nitrogens with zero attached hydrogens (tertiary/aromatic N) is 2. The third-order valence-corrected chi connectivity index (χ3v) is 4.06. The van der Waals surface area contributed by atoms with Crippen LogP contribution in [0.3, 0.4) is 0 Å². The molecule has 25 heavy (non-hydrogen) atoms. The Labute approximate surface area is 147 Å². The number of carbonyl (C=O) groups is 1. The summed E-state index contributed by atoms with van der Waals surface area (Å²) >= 11 is 0. The molecule has 1 aromatic heterocycles. The third-order valence-electron chi connectivity index (χ3n) is 4.06. The molecule has 1 amide bonds. The molecule has 3 rings (SSSR count). The van der Waals surface area contributed by atoms with Crippen LogP contribution in [-0.2, 0) is 6.54 Å². The van der Waals surface area contributed by atoms with Gasteiger partial charge in [0.25, 0.3) is 5.91 Å². The van der Waals surface area contributed by atoms with E-state index in [4.69, 9.17) is 0 Å². The van der Waals surface area contributed by atoms with E-state index in [1.807, 2.05) is 42.5 Å². The number of aromatic nitrogens is 2. The van der Waals surface area contributed by atoms with E-state index in [1.54, 1.807) is 12.1 Å². The highest BCUT2D eigenvalue weighted by Crippen LogP contribution is 2.21. The number of hydrogen-bond acceptors (Lipinski definition) is 4. The second-order valence-electron chi connectivity index (χ2n) is 5.84. The summed E-state index contributed by atoms with van der Waals surface area (Å²) in [6.45, 7) is 4.58. The van der Waals surface area contributed by atoms with Crippen LogP contribution in [0, 0.1) is 13.8 Å². The second kappa shape index (κ2) is 7.57. The van der Waals surface area contributed by atoms with Crippen LogP contribution in [0.1, 0.15) is 27.2 Å². The number of aryl methyl sites for hydroxylation is 1. The number of carbonyl (C=O) groups excluding carboxylic acids is 1. The highest BCUT2D eigenvalue weighted by molar-refractivity contribution is 5.92. The molecule has 0 saturated heterocycles. The first kappa shape index (κ1) is 16.6. The summed E-state index contributed by atoms with van der Waals surface area (Å²) in [5.41, 5.74) is 4.68. The molecule has 5 heteroatoms. The van der Waals surface area contributed by atoms with E-state index in [2.05, 4.69) is 40.7 Å². The van der Waals surface area contributed by atoms with Crippen LogP contribution in [-0.4, -0.2) is 16.1 Å². The van der Waals surface area contributed by atoms with E-state index < -0.39 is 0 Å². The Kier molecular flexibility index (Phi) is 5.04. The molecule has 0 spiro atoms. The van der Waals surface area contributed by atoms with Crippen molar-refractivity contribution in [3.8, 4) is 0 Å². The zero-order valence-electron chi connectivity index (χ0n) is 14.3. The van der Waals surface area contributed by atoms with Gasteiger partial charge in [-0.15, -0.1) is 10.2 Å². The van der Waals surface area contributed by atoms with Gasteiger partial charge in [-0.25, -0.2) is 0 Å². The fourth-order valence-corrected chi connectivity index (χ4v) is 2.41. The molecule has 1 heterocycles. The zero-order chi connectivity index (χ0) is 17.6. The molecule has 0 bridgehead atoms. The first-order chi connectivity index (χ1) is 12.1. The maximum atomic E-state index is 12.2. The number of amides is 1. The Morgan fingerprint density at radius 1 is 0.920 bits per heavy atom. The Morgan fingerprint density at radius 3 is 2.44 bits per heavy atom. The van der Waals surface area contributed by atoms with E-state index in [0.29, 0.717) is 18.1 Å². The van der Waals surface area contributed by atoms with Gasteiger partial charge in [0.2, 0.25) is 0 Å². The fourth-order valence-electron chi connectivity index (χ4n) is 2.41. The largest absolute Gasteiger partial charge is 0.347 e. The van der Waals surface area contributed by atoms with Crippen molar-refractivity contribution in [3.63, 3.8) is 0 Å². The van der Waals surface area contributed by atoms with Crippen molar-refractivity contribution in [3.05, 3.63) is 83.0 Å². The molecule has 3 aromatic rings. The maximum Gasteiger partial charge on any atom is 0.272 e. The number of anilines is 2. The Balaban J connectivity index is 1.63. The minimum Gasteiger partial charge on any atom is -0.347 e. The van der Waals surface area contributed by atoms with Crippen LogP contribution in [0.15, 0.2) is 60.7 Å². The van der Waals surface area contributed by atoms with Crippen molar-refractivity contribution in [2.75, 3.05) is 5.32 Å². The van der Waals surface area contributed by atoms with Crippen molar-refractivity contribution < 1.29 is 4.79 Å². The first-order valence-corrected chi connectivity index (χ1v) is 8.12. The van der Waals surface area contributed by atoms with Gasteiger partial charge in [0.15, 0.2) is 11.5 Å². The van der Waals surface area contributed by atoms with E-state index >= 15 is 0 Å². The number of nitrogens with one attached hydrogen (secondary N) is 2. The molecule has 0 aliphatic carbocycles. The van der Waals surface area contributed by atoms with Crippen LogP contribution < -0.4 is 10.6 Å². The quantitative estimate of drug-likeness (QED) is 0.746. The van der Waals surface area contributed by atoms with Gasteiger partial charge in [-0.2, -0.15) is 0 Å².